The van der Waals surface area contributed by atoms with Gasteiger partial charge in [0, 0.05) is 13.1 Å². The number of aryl methyl sites for hydroxylation is 2. The maximum absolute atomic E-state index is 5.76. The van der Waals surface area contributed by atoms with Crippen LogP contribution < -0.4 is 5.73 Å². The van der Waals surface area contributed by atoms with Crippen LogP contribution in [0.2, 0.25) is 0 Å². The van der Waals surface area contributed by atoms with Gasteiger partial charge in [-0.1, -0.05) is 0 Å². The Bertz CT molecular complexity index is 583. The summed E-state index contributed by atoms with van der Waals surface area (Å²) in [6, 6.07) is 4.67. The predicted molar refractivity (Wildman–Crippen MR) is 80.4 cm³/mol. The highest BCUT2D eigenvalue weighted by Gasteiger charge is 2.18. The summed E-state index contributed by atoms with van der Waals surface area (Å²) in [6.45, 7) is 7.89. The van der Waals surface area contributed by atoms with Gasteiger partial charge in [0.15, 0.2) is 0 Å². The third-order valence-corrected chi connectivity index (χ3v) is 3.89. The van der Waals surface area contributed by atoms with E-state index in [4.69, 9.17) is 10.7 Å². The van der Waals surface area contributed by atoms with Crippen molar-refractivity contribution in [1.82, 2.24) is 14.5 Å². The molecule has 0 fully saturated rings. The fraction of sp³-hybridized carbons (Fsp3) is 0.533. The van der Waals surface area contributed by atoms with Crippen molar-refractivity contribution in [2.75, 3.05) is 20.6 Å². The molecule has 2 rings (SSSR count). The van der Waals surface area contributed by atoms with Crippen molar-refractivity contribution in [1.29, 1.82) is 0 Å². The van der Waals surface area contributed by atoms with Crippen molar-refractivity contribution in [3.63, 3.8) is 0 Å². The van der Waals surface area contributed by atoms with Crippen molar-refractivity contribution >= 4 is 11.0 Å². The summed E-state index contributed by atoms with van der Waals surface area (Å²) in [4.78, 5) is 6.99. The number of nitrogens with zero attached hydrogens (tertiary/aromatic N) is 3. The van der Waals surface area contributed by atoms with Crippen LogP contribution in [0.4, 0.5) is 0 Å². The lowest BCUT2D eigenvalue weighted by Gasteiger charge is -2.20. The fourth-order valence-electron chi connectivity index (χ4n) is 2.31. The van der Waals surface area contributed by atoms with E-state index in [-0.39, 0.29) is 6.04 Å². The summed E-state index contributed by atoms with van der Waals surface area (Å²) in [5.41, 5.74) is 10.6. The first-order valence-electron chi connectivity index (χ1n) is 6.79. The number of fused-ring (bicyclic) bond motifs is 1. The Morgan fingerprint density at radius 1 is 1.26 bits per heavy atom. The van der Waals surface area contributed by atoms with Crippen molar-refractivity contribution in [2.45, 2.75) is 33.4 Å². The van der Waals surface area contributed by atoms with E-state index in [1.165, 1.54) is 16.6 Å². The highest BCUT2D eigenvalue weighted by Crippen LogP contribution is 2.25. The van der Waals surface area contributed by atoms with Crippen LogP contribution in [-0.2, 0) is 6.54 Å². The highest BCUT2D eigenvalue weighted by molar-refractivity contribution is 5.78. The lowest BCUT2D eigenvalue weighted by atomic mass is 10.1. The molecular formula is C15H24N4. The van der Waals surface area contributed by atoms with Crippen LogP contribution in [0.1, 0.15) is 29.9 Å². The van der Waals surface area contributed by atoms with Gasteiger partial charge < -0.3 is 10.3 Å². The molecule has 1 atom stereocenters. The topological polar surface area (TPSA) is 47.1 Å². The number of imidazole rings is 1. The van der Waals surface area contributed by atoms with E-state index in [2.05, 4.69) is 56.5 Å². The zero-order valence-corrected chi connectivity index (χ0v) is 12.6. The van der Waals surface area contributed by atoms with E-state index in [0.29, 0.717) is 6.54 Å². The van der Waals surface area contributed by atoms with Gasteiger partial charge in [-0.2, -0.15) is 0 Å². The average molecular weight is 260 g/mol. The zero-order valence-electron chi connectivity index (χ0n) is 12.6. The van der Waals surface area contributed by atoms with Crippen LogP contribution in [0.25, 0.3) is 11.0 Å². The first kappa shape index (κ1) is 14.0. The molecule has 1 aromatic carbocycles. The number of hydrogen-bond acceptors (Lipinski definition) is 3. The van der Waals surface area contributed by atoms with Crippen LogP contribution in [0.3, 0.4) is 0 Å². The standard InChI is InChI=1S/C15H24N4/c1-10-8-13-14(9-11(10)2)19(7-6-16)15(17-13)12(3)18(4)5/h8-9,12H,6-7,16H2,1-5H3. The monoisotopic (exact) mass is 260 g/mol. The Morgan fingerprint density at radius 2 is 1.89 bits per heavy atom. The third-order valence-electron chi connectivity index (χ3n) is 3.89. The van der Waals surface area contributed by atoms with Gasteiger partial charge in [0.1, 0.15) is 5.82 Å². The lowest BCUT2D eigenvalue weighted by molar-refractivity contribution is 0.302. The maximum Gasteiger partial charge on any atom is 0.127 e. The van der Waals surface area contributed by atoms with E-state index in [1.807, 2.05) is 0 Å². The normalized spacial score (nSPS) is 13.4. The summed E-state index contributed by atoms with van der Waals surface area (Å²) in [5, 5.41) is 0. The molecule has 4 nitrogen and oxygen atoms in total. The molecule has 0 saturated carbocycles. The Labute approximate surface area is 115 Å². The van der Waals surface area contributed by atoms with Gasteiger partial charge in [-0.05, 0) is 58.1 Å². The largest absolute Gasteiger partial charge is 0.329 e. The summed E-state index contributed by atoms with van der Waals surface area (Å²) in [5.74, 6) is 1.09. The van der Waals surface area contributed by atoms with Gasteiger partial charge in [-0.15, -0.1) is 0 Å². The second-order valence-electron chi connectivity index (χ2n) is 5.48. The second kappa shape index (κ2) is 5.31. The van der Waals surface area contributed by atoms with Crippen LogP contribution in [0.15, 0.2) is 12.1 Å². The molecule has 1 aromatic heterocycles. The molecule has 0 bridgehead atoms. The molecule has 0 aliphatic carbocycles. The van der Waals surface area contributed by atoms with Crippen LogP contribution in [0.5, 0.6) is 0 Å². The lowest BCUT2D eigenvalue weighted by Crippen LogP contribution is -2.22. The van der Waals surface area contributed by atoms with Gasteiger partial charge in [0.25, 0.3) is 0 Å². The van der Waals surface area contributed by atoms with Gasteiger partial charge in [-0.25, -0.2) is 4.98 Å². The number of aromatic nitrogens is 2. The molecule has 0 saturated heterocycles. The van der Waals surface area contributed by atoms with Crippen molar-refractivity contribution in [3.8, 4) is 0 Å². The summed E-state index contributed by atoms with van der Waals surface area (Å²) >= 11 is 0. The van der Waals surface area contributed by atoms with E-state index < -0.39 is 0 Å². The van der Waals surface area contributed by atoms with Crippen molar-refractivity contribution < 1.29 is 0 Å². The first-order chi connectivity index (χ1) is 8.95. The third kappa shape index (κ3) is 2.51. The van der Waals surface area contributed by atoms with Crippen LogP contribution in [-0.4, -0.2) is 35.1 Å². The molecule has 1 heterocycles. The van der Waals surface area contributed by atoms with Gasteiger partial charge in [-0.3, -0.25) is 4.90 Å². The number of benzene rings is 1. The maximum atomic E-state index is 5.76. The molecule has 1 unspecified atom stereocenters. The molecule has 19 heavy (non-hydrogen) atoms. The number of hydrogen-bond donors (Lipinski definition) is 1. The Hall–Kier alpha value is -1.39. The van der Waals surface area contributed by atoms with E-state index in [1.54, 1.807) is 0 Å². The minimum atomic E-state index is 0.277. The van der Waals surface area contributed by atoms with Crippen molar-refractivity contribution in [3.05, 3.63) is 29.1 Å². The molecular weight excluding hydrogens is 236 g/mol. The van der Waals surface area contributed by atoms with Gasteiger partial charge in [0.2, 0.25) is 0 Å². The van der Waals surface area contributed by atoms with E-state index >= 15 is 0 Å². The molecule has 2 aromatic rings. The highest BCUT2D eigenvalue weighted by atomic mass is 15.2. The molecule has 2 N–H and O–H groups in total. The minimum Gasteiger partial charge on any atom is -0.329 e. The van der Waals surface area contributed by atoms with Gasteiger partial charge in [0.05, 0.1) is 17.1 Å². The zero-order chi connectivity index (χ0) is 14.2. The Kier molecular flexibility index (Phi) is 3.92. The Balaban J connectivity index is 2.66. The molecule has 104 valence electrons. The second-order valence-corrected chi connectivity index (χ2v) is 5.48. The molecule has 4 heteroatoms. The smallest absolute Gasteiger partial charge is 0.127 e. The number of nitrogens with two attached hydrogens (primary N) is 1. The SMILES string of the molecule is Cc1cc2nc(C(C)N(C)C)n(CCN)c2cc1C. The average Bonchev–Trinajstić information content (AvgIpc) is 2.68. The fourth-order valence-corrected chi connectivity index (χ4v) is 2.31. The quantitative estimate of drug-likeness (QED) is 0.917. The minimum absolute atomic E-state index is 0.277. The summed E-state index contributed by atoms with van der Waals surface area (Å²) < 4.78 is 2.26. The molecule has 0 radical (unpaired) electrons. The van der Waals surface area contributed by atoms with Crippen molar-refractivity contribution in [2.24, 2.45) is 5.73 Å². The molecule has 0 aliphatic rings. The predicted octanol–water partition coefficient (Wildman–Crippen LogP) is 2.23. The molecule has 0 amide bonds. The van der Waals surface area contributed by atoms with Crippen LogP contribution >= 0.6 is 0 Å². The summed E-state index contributed by atoms with van der Waals surface area (Å²) in [6.07, 6.45) is 0. The Morgan fingerprint density at radius 3 is 2.47 bits per heavy atom. The molecule has 0 spiro atoms. The summed E-state index contributed by atoms with van der Waals surface area (Å²) in [7, 11) is 4.15. The van der Waals surface area contributed by atoms with E-state index in [0.717, 1.165) is 17.9 Å². The molecule has 0 aliphatic heterocycles. The van der Waals surface area contributed by atoms with Crippen LogP contribution in [0, 0.1) is 13.8 Å². The first-order valence-corrected chi connectivity index (χ1v) is 6.79. The van der Waals surface area contributed by atoms with E-state index in [9.17, 15) is 0 Å². The van der Waals surface area contributed by atoms with Gasteiger partial charge >= 0.3 is 0 Å². The number of rotatable bonds is 4.